The van der Waals surface area contributed by atoms with E-state index in [0.717, 1.165) is 0 Å². The molecule has 0 spiro atoms. The molecule has 8 heavy (non-hydrogen) atoms. The van der Waals surface area contributed by atoms with Crippen molar-refractivity contribution in [3.63, 3.8) is 0 Å². The predicted octanol–water partition coefficient (Wildman–Crippen LogP) is -5.78. The summed E-state index contributed by atoms with van der Waals surface area (Å²) >= 11 is 0. The van der Waals surface area contributed by atoms with Gasteiger partial charge in [-0.3, -0.25) is 0 Å². The number of hydrogen-bond acceptors (Lipinski definition) is 0. The second kappa shape index (κ2) is 537. The SMILES string of the molecule is O.O.O.O.O.O.O.[Y]. The van der Waals surface area contributed by atoms with Crippen LogP contribution < -0.4 is 0 Å². The molecule has 0 atom stereocenters. The van der Waals surface area contributed by atoms with Crippen LogP contribution in [0.25, 0.3) is 0 Å². The Bertz CT molecular complexity index is 4.35. The van der Waals surface area contributed by atoms with Crippen molar-refractivity contribution in [3.05, 3.63) is 0 Å². The van der Waals surface area contributed by atoms with Crippen molar-refractivity contribution in [2.24, 2.45) is 0 Å². The molecule has 0 bridgehead atoms. The fourth-order valence-corrected chi connectivity index (χ4v) is 0. The molecule has 0 saturated heterocycles. The average Bonchev–Trinajstić information content (AvgIpc) is 0. The summed E-state index contributed by atoms with van der Waals surface area (Å²) < 4.78 is 0. The monoisotopic (exact) mass is 215 g/mol. The molecule has 0 aromatic rings. The smallest absolute Gasteiger partial charge is 0 e. The van der Waals surface area contributed by atoms with Gasteiger partial charge in [-0.2, -0.15) is 0 Å². The van der Waals surface area contributed by atoms with Crippen LogP contribution in [0.1, 0.15) is 0 Å². The van der Waals surface area contributed by atoms with E-state index in [2.05, 4.69) is 0 Å². The fourth-order valence-electron chi connectivity index (χ4n) is 0. The van der Waals surface area contributed by atoms with Crippen molar-refractivity contribution in [3.8, 4) is 0 Å². The van der Waals surface area contributed by atoms with Crippen molar-refractivity contribution in [2.45, 2.75) is 0 Å². The van der Waals surface area contributed by atoms with Crippen LogP contribution in [0.3, 0.4) is 0 Å². The van der Waals surface area contributed by atoms with E-state index in [4.69, 9.17) is 0 Å². The van der Waals surface area contributed by atoms with E-state index < -0.39 is 0 Å². The first-order valence-electron chi connectivity index (χ1n) is 0. The summed E-state index contributed by atoms with van der Waals surface area (Å²) in [4.78, 5) is 0. The Morgan fingerprint density at radius 2 is 0.250 bits per heavy atom. The Morgan fingerprint density at radius 1 is 0.250 bits per heavy atom. The molecule has 0 unspecified atom stereocenters. The van der Waals surface area contributed by atoms with Crippen molar-refractivity contribution in [2.75, 3.05) is 0 Å². The van der Waals surface area contributed by atoms with E-state index in [1.165, 1.54) is 0 Å². The molecule has 7 nitrogen and oxygen atoms in total. The van der Waals surface area contributed by atoms with E-state index in [9.17, 15) is 0 Å². The molecule has 0 aliphatic rings. The standard InChI is InChI=1S/7H2O.Y/h7*1H2;. The van der Waals surface area contributed by atoms with Gasteiger partial charge in [0.15, 0.2) is 0 Å². The van der Waals surface area contributed by atoms with Gasteiger partial charge >= 0.3 is 0 Å². The second-order valence-corrected chi connectivity index (χ2v) is 0. The van der Waals surface area contributed by atoms with Crippen LogP contribution in [0.4, 0.5) is 0 Å². The molecular formula is H14O7Y. The van der Waals surface area contributed by atoms with Crippen LogP contribution in [0.5, 0.6) is 0 Å². The van der Waals surface area contributed by atoms with Crippen LogP contribution in [0.2, 0.25) is 0 Å². The van der Waals surface area contributed by atoms with Crippen LogP contribution in [0.15, 0.2) is 0 Å². The Kier molecular flexibility index (Phi) is 53400. The zero-order valence-corrected chi connectivity index (χ0v) is 6.92. The summed E-state index contributed by atoms with van der Waals surface area (Å²) in [5, 5.41) is 0. The van der Waals surface area contributed by atoms with E-state index in [1.807, 2.05) is 0 Å². The molecule has 0 fully saturated rings. The maximum absolute atomic E-state index is 0. The van der Waals surface area contributed by atoms with Crippen molar-refractivity contribution in [1.29, 1.82) is 0 Å². The minimum Gasteiger partial charge on any atom is -0.412 e. The van der Waals surface area contributed by atoms with Gasteiger partial charge in [0, 0.05) is 32.7 Å². The van der Waals surface area contributed by atoms with Crippen LogP contribution in [0, 0.1) is 0 Å². The summed E-state index contributed by atoms with van der Waals surface area (Å²) in [6, 6.07) is 0. The van der Waals surface area contributed by atoms with Gasteiger partial charge in [0.05, 0.1) is 0 Å². The second-order valence-electron chi connectivity index (χ2n) is 0. The maximum atomic E-state index is 0. The van der Waals surface area contributed by atoms with Gasteiger partial charge in [0.25, 0.3) is 0 Å². The minimum atomic E-state index is 0. The minimum absolute atomic E-state index is 0. The predicted molar refractivity (Wildman–Crippen MR) is 25.3 cm³/mol. The van der Waals surface area contributed by atoms with Crippen molar-refractivity contribution >= 4 is 0 Å². The number of hydrogen-bond donors (Lipinski definition) is 0. The van der Waals surface area contributed by atoms with E-state index in [-0.39, 0.29) is 71.0 Å². The molecule has 0 aliphatic carbocycles. The zero-order chi connectivity index (χ0) is 0. The Hall–Kier alpha value is 0.824. The van der Waals surface area contributed by atoms with Crippen LogP contribution in [-0.2, 0) is 32.7 Å². The van der Waals surface area contributed by atoms with Gasteiger partial charge in [-0.05, 0) is 0 Å². The topological polar surface area (TPSA) is 220 Å². The Morgan fingerprint density at radius 3 is 0.250 bits per heavy atom. The zero-order valence-electron chi connectivity index (χ0n) is 4.08. The first kappa shape index (κ1) is 796. The fraction of sp³-hybridized carbons (Fsp3) is 0. The van der Waals surface area contributed by atoms with Crippen molar-refractivity contribution in [1.82, 2.24) is 0 Å². The molecule has 0 saturated carbocycles. The molecule has 0 rings (SSSR count). The molecule has 0 heterocycles. The van der Waals surface area contributed by atoms with Crippen LogP contribution in [-0.4, -0.2) is 38.3 Å². The van der Waals surface area contributed by atoms with Gasteiger partial charge in [-0.25, -0.2) is 0 Å². The van der Waals surface area contributed by atoms with E-state index in [1.54, 1.807) is 0 Å². The number of rotatable bonds is 0. The first-order valence-corrected chi connectivity index (χ1v) is 0. The van der Waals surface area contributed by atoms with Gasteiger partial charge in [0.1, 0.15) is 0 Å². The molecule has 0 amide bonds. The Labute approximate surface area is 71.1 Å². The molecular weight excluding hydrogens is 201 g/mol. The largest absolute Gasteiger partial charge is 0.412 e. The van der Waals surface area contributed by atoms with E-state index >= 15 is 0 Å². The van der Waals surface area contributed by atoms with Gasteiger partial charge in [0.2, 0.25) is 0 Å². The maximum Gasteiger partial charge on any atom is 0 e. The third-order valence-corrected chi connectivity index (χ3v) is 0. The molecule has 0 aromatic carbocycles. The average molecular weight is 215 g/mol. The van der Waals surface area contributed by atoms with E-state index in [0.29, 0.717) is 0 Å². The summed E-state index contributed by atoms with van der Waals surface area (Å²) in [6.45, 7) is 0. The van der Waals surface area contributed by atoms with Gasteiger partial charge < -0.3 is 38.3 Å². The Balaban J connectivity index is 0. The third kappa shape index (κ3) is 341. The summed E-state index contributed by atoms with van der Waals surface area (Å²) in [6.07, 6.45) is 0. The van der Waals surface area contributed by atoms with Gasteiger partial charge in [-0.15, -0.1) is 0 Å². The first-order chi connectivity index (χ1) is 0. The normalized spacial score (nSPS) is 0. The van der Waals surface area contributed by atoms with Gasteiger partial charge in [-0.1, -0.05) is 0 Å². The van der Waals surface area contributed by atoms with Crippen LogP contribution >= 0.6 is 0 Å². The third-order valence-electron chi connectivity index (χ3n) is 0. The van der Waals surface area contributed by atoms with Crippen molar-refractivity contribution < 1.29 is 71.0 Å². The molecule has 59 valence electrons. The molecule has 8 heteroatoms. The molecule has 1 radical (unpaired) electrons. The molecule has 14 N–H and O–H groups in total. The quantitative estimate of drug-likeness (QED) is 0.368. The molecule has 0 aromatic heterocycles. The summed E-state index contributed by atoms with van der Waals surface area (Å²) in [5.41, 5.74) is 0. The molecule has 0 aliphatic heterocycles. The summed E-state index contributed by atoms with van der Waals surface area (Å²) in [7, 11) is 0. The summed E-state index contributed by atoms with van der Waals surface area (Å²) in [5.74, 6) is 0.